The van der Waals surface area contributed by atoms with Crippen LogP contribution in [0.1, 0.15) is 15.9 Å². The lowest BCUT2D eigenvalue weighted by molar-refractivity contribution is -0.384. The van der Waals surface area contributed by atoms with Crippen LogP contribution < -0.4 is 0 Å². The molecular weight excluding hydrogens is 294 g/mol. The lowest BCUT2D eigenvalue weighted by atomic mass is 10.1. The Morgan fingerprint density at radius 3 is 2.81 bits per heavy atom. The molecule has 0 aliphatic rings. The maximum absolute atomic E-state index is 12.2. The van der Waals surface area contributed by atoms with Crippen molar-refractivity contribution < 1.29 is 9.72 Å². The van der Waals surface area contributed by atoms with Gasteiger partial charge in [0.15, 0.2) is 0 Å². The zero-order valence-electron chi connectivity index (χ0n) is 11.2. The Labute approximate surface area is 126 Å². The van der Waals surface area contributed by atoms with Crippen LogP contribution in [0.3, 0.4) is 0 Å². The fourth-order valence-corrected chi connectivity index (χ4v) is 2.04. The van der Waals surface area contributed by atoms with Crippen LogP contribution in [-0.4, -0.2) is 27.8 Å². The number of carbonyl (C=O) groups is 1. The van der Waals surface area contributed by atoms with Gasteiger partial charge in [-0.05, 0) is 17.7 Å². The van der Waals surface area contributed by atoms with Gasteiger partial charge in [0.1, 0.15) is 5.15 Å². The van der Waals surface area contributed by atoms with Crippen LogP contribution in [0.5, 0.6) is 0 Å². The van der Waals surface area contributed by atoms with E-state index in [1.807, 2.05) is 0 Å². The van der Waals surface area contributed by atoms with Crippen molar-refractivity contribution in [2.24, 2.45) is 0 Å². The maximum Gasteiger partial charge on any atom is 0.269 e. The summed E-state index contributed by atoms with van der Waals surface area (Å²) in [4.78, 5) is 27.8. The van der Waals surface area contributed by atoms with Gasteiger partial charge in [-0.25, -0.2) is 4.98 Å². The van der Waals surface area contributed by atoms with Crippen molar-refractivity contribution in [2.75, 3.05) is 7.05 Å². The molecule has 0 aliphatic carbocycles. The number of non-ortho nitro benzene ring substituents is 1. The normalized spacial score (nSPS) is 10.2. The van der Waals surface area contributed by atoms with Crippen LogP contribution >= 0.6 is 11.6 Å². The number of pyridine rings is 1. The van der Waals surface area contributed by atoms with Crippen molar-refractivity contribution in [2.45, 2.75) is 6.54 Å². The van der Waals surface area contributed by atoms with E-state index in [2.05, 4.69) is 4.98 Å². The summed E-state index contributed by atoms with van der Waals surface area (Å²) in [6, 6.07) is 9.23. The van der Waals surface area contributed by atoms with Crippen LogP contribution in [0.2, 0.25) is 5.15 Å². The molecule has 2 aromatic rings. The Kier molecular flexibility index (Phi) is 4.49. The number of rotatable bonds is 4. The van der Waals surface area contributed by atoms with Gasteiger partial charge >= 0.3 is 0 Å². The lowest BCUT2D eigenvalue weighted by Gasteiger charge is -2.17. The maximum atomic E-state index is 12.2. The summed E-state index contributed by atoms with van der Waals surface area (Å²) in [6.07, 6.45) is 1.46. The second-order valence-corrected chi connectivity index (χ2v) is 4.84. The van der Waals surface area contributed by atoms with Gasteiger partial charge in [-0.1, -0.05) is 23.7 Å². The third-order valence-electron chi connectivity index (χ3n) is 2.86. The zero-order chi connectivity index (χ0) is 15.4. The van der Waals surface area contributed by atoms with Gasteiger partial charge < -0.3 is 4.90 Å². The first-order valence-corrected chi connectivity index (χ1v) is 6.45. The highest BCUT2D eigenvalue weighted by Crippen LogP contribution is 2.16. The molecule has 108 valence electrons. The topological polar surface area (TPSA) is 76.3 Å². The predicted octanol–water partition coefficient (Wildman–Crippen LogP) is 2.92. The summed E-state index contributed by atoms with van der Waals surface area (Å²) in [6.45, 7) is 0.264. The van der Waals surface area contributed by atoms with Crippen LogP contribution in [-0.2, 0) is 6.54 Å². The Morgan fingerprint density at radius 1 is 1.38 bits per heavy atom. The highest BCUT2D eigenvalue weighted by Gasteiger charge is 2.14. The summed E-state index contributed by atoms with van der Waals surface area (Å²) in [5, 5.41) is 11.0. The van der Waals surface area contributed by atoms with Crippen molar-refractivity contribution >= 4 is 23.2 Å². The molecule has 21 heavy (non-hydrogen) atoms. The average Bonchev–Trinajstić information content (AvgIpc) is 2.46. The first-order valence-electron chi connectivity index (χ1n) is 6.07. The number of nitrogens with zero attached hydrogens (tertiary/aromatic N) is 3. The monoisotopic (exact) mass is 305 g/mol. The highest BCUT2D eigenvalue weighted by molar-refractivity contribution is 6.29. The summed E-state index contributed by atoms with van der Waals surface area (Å²) in [5.41, 5.74) is 1.10. The molecule has 1 heterocycles. The van der Waals surface area contributed by atoms with Crippen molar-refractivity contribution in [1.82, 2.24) is 9.88 Å². The fraction of sp³-hybridized carbons (Fsp3) is 0.143. The van der Waals surface area contributed by atoms with Gasteiger partial charge in [0, 0.05) is 37.5 Å². The lowest BCUT2D eigenvalue weighted by Crippen LogP contribution is -2.26. The number of halogens is 1. The quantitative estimate of drug-likeness (QED) is 0.494. The Bertz CT molecular complexity index is 691. The number of nitro groups is 1. The van der Waals surface area contributed by atoms with E-state index in [0.717, 1.165) is 0 Å². The standard InChI is InChI=1S/C14H12ClN3O3/c1-17(14(19)11-5-6-16-13(15)8-11)9-10-3-2-4-12(7-10)18(20)21/h2-8H,9H2,1H3. The summed E-state index contributed by atoms with van der Waals surface area (Å²) >= 11 is 5.75. The van der Waals surface area contributed by atoms with Gasteiger partial charge in [0.2, 0.25) is 0 Å². The third kappa shape index (κ3) is 3.76. The van der Waals surface area contributed by atoms with Gasteiger partial charge in [-0.2, -0.15) is 0 Å². The van der Waals surface area contributed by atoms with E-state index < -0.39 is 4.92 Å². The number of hydrogen-bond acceptors (Lipinski definition) is 4. The van der Waals surface area contributed by atoms with Crippen LogP contribution in [0.25, 0.3) is 0 Å². The van der Waals surface area contributed by atoms with E-state index >= 15 is 0 Å². The van der Waals surface area contributed by atoms with Crippen molar-refractivity contribution in [3.05, 3.63) is 69.0 Å². The molecule has 0 N–H and O–H groups in total. The number of hydrogen-bond donors (Lipinski definition) is 0. The summed E-state index contributed by atoms with van der Waals surface area (Å²) < 4.78 is 0. The zero-order valence-corrected chi connectivity index (χ0v) is 11.9. The number of aromatic nitrogens is 1. The third-order valence-corrected chi connectivity index (χ3v) is 3.07. The van der Waals surface area contributed by atoms with Gasteiger partial charge in [-0.3, -0.25) is 14.9 Å². The smallest absolute Gasteiger partial charge is 0.269 e. The highest BCUT2D eigenvalue weighted by atomic mass is 35.5. The van der Waals surface area contributed by atoms with E-state index in [1.165, 1.54) is 29.3 Å². The molecule has 1 aromatic heterocycles. The van der Waals surface area contributed by atoms with E-state index in [-0.39, 0.29) is 23.3 Å². The Balaban J connectivity index is 2.14. The largest absolute Gasteiger partial charge is 0.337 e. The fourth-order valence-electron chi connectivity index (χ4n) is 1.87. The van der Waals surface area contributed by atoms with Gasteiger partial charge in [0.05, 0.1) is 4.92 Å². The molecule has 2 rings (SSSR count). The molecule has 0 atom stereocenters. The molecule has 0 spiro atoms. The Morgan fingerprint density at radius 2 is 2.14 bits per heavy atom. The van der Waals surface area contributed by atoms with E-state index in [1.54, 1.807) is 25.2 Å². The molecular formula is C14H12ClN3O3. The van der Waals surface area contributed by atoms with Crippen molar-refractivity contribution in [3.63, 3.8) is 0 Å². The molecule has 1 amide bonds. The SMILES string of the molecule is CN(Cc1cccc([N+](=O)[O-])c1)C(=O)c1ccnc(Cl)c1. The molecule has 0 bridgehead atoms. The van der Waals surface area contributed by atoms with E-state index in [9.17, 15) is 14.9 Å². The molecule has 7 heteroatoms. The predicted molar refractivity (Wildman–Crippen MR) is 78.1 cm³/mol. The second-order valence-electron chi connectivity index (χ2n) is 4.46. The minimum atomic E-state index is -0.464. The molecule has 1 aromatic carbocycles. The first-order chi connectivity index (χ1) is 9.97. The summed E-state index contributed by atoms with van der Waals surface area (Å²) in [7, 11) is 1.62. The van der Waals surface area contributed by atoms with Crippen molar-refractivity contribution in [3.8, 4) is 0 Å². The van der Waals surface area contributed by atoms with Crippen LogP contribution in [0, 0.1) is 10.1 Å². The molecule has 0 saturated heterocycles. The number of amides is 1. The molecule has 0 radical (unpaired) electrons. The minimum Gasteiger partial charge on any atom is -0.337 e. The second kappa shape index (κ2) is 6.32. The molecule has 0 saturated carbocycles. The molecule has 6 nitrogen and oxygen atoms in total. The molecule has 0 aliphatic heterocycles. The Hall–Kier alpha value is -2.47. The van der Waals surface area contributed by atoms with E-state index in [4.69, 9.17) is 11.6 Å². The first kappa shape index (κ1) is 14.9. The van der Waals surface area contributed by atoms with Crippen LogP contribution in [0.15, 0.2) is 42.6 Å². The van der Waals surface area contributed by atoms with Gasteiger partial charge in [0.25, 0.3) is 11.6 Å². The van der Waals surface area contributed by atoms with Crippen molar-refractivity contribution in [1.29, 1.82) is 0 Å². The minimum absolute atomic E-state index is 0.000282. The number of carbonyl (C=O) groups excluding carboxylic acids is 1. The molecule has 0 unspecified atom stereocenters. The summed E-state index contributed by atoms with van der Waals surface area (Å²) in [5.74, 6) is -0.231. The van der Waals surface area contributed by atoms with Crippen LogP contribution in [0.4, 0.5) is 5.69 Å². The number of benzene rings is 1. The molecule has 0 fully saturated rings. The van der Waals surface area contributed by atoms with E-state index in [0.29, 0.717) is 11.1 Å². The van der Waals surface area contributed by atoms with Gasteiger partial charge in [-0.15, -0.1) is 0 Å². The number of nitro benzene ring substituents is 1. The average molecular weight is 306 g/mol.